The van der Waals surface area contributed by atoms with Crippen molar-refractivity contribution in [1.29, 1.82) is 0 Å². The van der Waals surface area contributed by atoms with Crippen molar-refractivity contribution in [3.05, 3.63) is 83.3 Å². The fraction of sp³-hybridized carbons (Fsp3) is 0.100. The molecule has 24 heavy (non-hydrogen) atoms. The topological polar surface area (TPSA) is 46.5 Å². The molecule has 3 aromatic rings. The minimum atomic E-state index is -0.371. The first-order valence-electron chi connectivity index (χ1n) is 7.65. The number of carbonyl (C=O) groups excluding carboxylic acids is 1. The van der Waals surface area contributed by atoms with Crippen LogP contribution in [0.15, 0.2) is 60.8 Å². The molecule has 0 bridgehead atoms. The molecule has 0 aliphatic rings. The molecule has 0 radical (unpaired) electrons. The molecule has 0 aliphatic carbocycles. The molecule has 0 saturated carbocycles. The summed E-state index contributed by atoms with van der Waals surface area (Å²) in [6, 6.07) is 15.5. The lowest BCUT2D eigenvalue weighted by Gasteiger charge is -2.09. The predicted octanol–water partition coefficient (Wildman–Crippen LogP) is 4.71. The van der Waals surface area contributed by atoms with Gasteiger partial charge < -0.3 is 9.72 Å². The van der Waals surface area contributed by atoms with Crippen LogP contribution in [0.25, 0.3) is 21.3 Å². The second-order valence-electron chi connectivity index (χ2n) is 5.22. The summed E-state index contributed by atoms with van der Waals surface area (Å²) >= 11 is 0. The number of aromatic amines is 1. The Balaban J connectivity index is 2.12. The van der Waals surface area contributed by atoms with Gasteiger partial charge in [-0.2, -0.15) is 0 Å². The van der Waals surface area contributed by atoms with E-state index in [-0.39, 0.29) is 5.97 Å². The molecular weight excluding hydrogens is 300 g/mol. The molecule has 4 nitrogen and oxygen atoms in total. The summed E-state index contributed by atoms with van der Waals surface area (Å²) in [6.45, 7) is 9.30. The van der Waals surface area contributed by atoms with Crippen LogP contribution in [0, 0.1) is 6.57 Å². The van der Waals surface area contributed by atoms with E-state index in [4.69, 9.17) is 11.3 Å². The lowest BCUT2D eigenvalue weighted by molar-refractivity contribution is -0.137. The Hall–Kier alpha value is -3.32. The lowest BCUT2D eigenvalue weighted by Crippen LogP contribution is -2.01. The van der Waals surface area contributed by atoms with Crippen molar-refractivity contribution in [2.24, 2.45) is 0 Å². The number of hydrogen-bond acceptors (Lipinski definition) is 2. The number of nitrogens with one attached hydrogen (secondary N) is 1. The fourth-order valence-electron chi connectivity index (χ4n) is 2.62. The molecule has 0 saturated heterocycles. The van der Waals surface area contributed by atoms with Gasteiger partial charge in [-0.3, -0.25) is 0 Å². The summed E-state index contributed by atoms with van der Waals surface area (Å²) in [5.74, 6) is -0.371. The van der Waals surface area contributed by atoms with Gasteiger partial charge in [0.15, 0.2) is 0 Å². The van der Waals surface area contributed by atoms with Crippen molar-refractivity contribution in [2.75, 3.05) is 6.61 Å². The standard InChI is InChI=1S/C20H16N2O2/c1-3-24-20(23)12-17(14-7-5-4-6-8-14)15-9-10-16-18(11-15)22-13-19(16)21-2/h4-13,22H,3H2,1H3/b17-12+. The van der Waals surface area contributed by atoms with Crippen molar-refractivity contribution in [3.8, 4) is 0 Å². The van der Waals surface area contributed by atoms with Crippen LogP contribution < -0.4 is 0 Å². The molecule has 2 aromatic carbocycles. The van der Waals surface area contributed by atoms with E-state index >= 15 is 0 Å². The van der Waals surface area contributed by atoms with Crippen molar-refractivity contribution < 1.29 is 9.53 Å². The van der Waals surface area contributed by atoms with Crippen LogP contribution in [0.3, 0.4) is 0 Å². The van der Waals surface area contributed by atoms with Gasteiger partial charge in [-0.05, 0) is 29.7 Å². The van der Waals surface area contributed by atoms with Gasteiger partial charge in [0.25, 0.3) is 0 Å². The number of rotatable bonds is 4. The molecule has 4 heteroatoms. The molecule has 118 valence electrons. The SMILES string of the molecule is [C-]#[N+]c1c[nH]c2cc(/C(=C/C(=O)OCC)c3ccccc3)ccc12. The molecule has 1 heterocycles. The number of ether oxygens (including phenoxy) is 1. The number of hydrogen-bond donors (Lipinski definition) is 1. The zero-order valence-electron chi connectivity index (χ0n) is 13.2. The van der Waals surface area contributed by atoms with Crippen LogP contribution in [0.4, 0.5) is 5.69 Å². The quantitative estimate of drug-likeness (QED) is 0.430. The van der Waals surface area contributed by atoms with Gasteiger partial charge in [-0.15, -0.1) is 0 Å². The Morgan fingerprint density at radius 2 is 2.00 bits per heavy atom. The Morgan fingerprint density at radius 1 is 1.21 bits per heavy atom. The summed E-state index contributed by atoms with van der Waals surface area (Å²) in [4.78, 5) is 18.6. The van der Waals surface area contributed by atoms with Crippen LogP contribution in [0.5, 0.6) is 0 Å². The van der Waals surface area contributed by atoms with E-state index in [0.29, 0.717) is 12.3 Å². The van der Waals surface area contributed by atoms with Gasteiger partial charge in [-0.1, -0.05) is 42.5 Å². The van der Waals surface area contributed by atoms with E-state index < -0.39 is 0 Å². The maximum Gasteiger partial charge on any atom is 0.331 e. The Morgan fingerprint density at radius 3 is 2.71 bits per heavy atom. The molecule has 1 N–H and O–H groups in total. The number of fused-ring (bicyclic) bond motifs is 1. The van der Waals surface area contributed by atoms with Crippen LogP contribution in [-0.2, 0) is 9.53 Å². The van der Waals surface area contributed by atoms with Crippen LogP contribution in [-0.4, -0.2) is 17.6 Å². The molecule has 0 unspecified atom stereocenters. The van der Waals surface area contributed by atoms with Gasteiger partial charge in [0.2, 0.25) is 5.69 Å². The van der Waals surface area contributed by atoms with Crippen molar-refractivity contribution >= 4 is 28.1 Å². The summed E-state index contributed by atoms with van der Waals surface area (Å²) in [5.41, 5.74) is 4.06. The second kappa shape index (κ2) is 6.84. The van der Waals surface area contributed by atoms with Crippen LogP contribution in [0.2, 0.25) is 0 Å². The first kappa shape index (κ1) is 15.6. The molecule has 0 fully saturated rings. The fourth-order valence-corrected chi connectivity index (χ4v) is 2.62. The lowest BCUT2D eigenvalue weighted by atomic mass is 9.96. The van der Waals surface area contributed by atoms with E-state index in [2.05, 4.69) is 9.83 Å². The third kappa shape index (κ3) is 3.06. The number of carbonyl (C=O) groups is 1. The summed E-state index contributed by atoms with van der Waals surface area (Å²) < 4.78 is 5.06. The number of benzene rings is 2. The first-order valence-corrected chi connectivity index (χ1v) is 7.65. The maximum absolute atomic E-state index is 12.0. The van der Waals surface area contributed by atoms with Gasteiger partial charge in [-0.25, -0.2) is 9.64 Å². The number of aromatic nitrogens is 1. The van der Waals surface area contributed by atoms with E-state index in [0.717, 1.165) is 27.6 Å². The van der Waals surface area contributed by atoms with Crippen LogP contribution >= 0.6 is 0 Å². The molecule has 1 aromatic heterocycles. The zero-order chi connectivity index (χ0) is 16.9. The Labute approximate surface area is 140 Å². The number of nitrogens with zero attached hydrogens (tertiary/aromatic N) is 1. The van der Waals surface area contributed by atoms with E-state index in [1.54, 1.807) is 13.1 Å². The molecule has 0 spiro atoms. The monoisotopic (exact) mass is 316 g/mol. The molecule has 0 aliphatic heterocycles. The van der Waals surface area contributed by atoms with Crippen molar-refractivity contribution in [3.63, 3.8) is 0 Å². The predicted molar refractivity (Wildman–Crippen MR) is 94.7 cm³/mol. The van der Waals surface area contributed by atoms with E-state index in [1.807, 2.05) is 48.5 Å². The highest BCUT2D eigenvalue weighted by Crippen LogP contribution is 2.30. The van der Waals surface area contributed by atoms with E-state index in [1.165, 1.54) is 6.08 Å². The van der Waals surface area contributed by atoms with Crippen molar-refractivity contribution in [1.82, 2.24) is 4.98 Å². The molecule has 0 amide bonds. The summed E-state index contributed by atoms with van der Waals surface area (Å²) in [5, 5.41) is 0.872. The highest BCUT2D eigenvalue weighted by molar-refractivity contribution is 6.00. The Bertz CT molecular complexity index is 947. The highest BCUT2D eigenvalue weighted by Gasteiger charge is 2.11. The van der Waals surface area contributed by atoms with Gasteiger partial charge >= 0.3 is 5.97 Å². The maximum atomic E-state index is 12.0. The highest BCUT2D eigenvalue weighted by atomic mass is 16.5. The molecule has 3 rings (SSSR count). The molecule has 0 atom stereocenters. The largest absolute Gasteiger partial charge is 0.463 e. The normalized spacial score (nSPS) is 11.2. The number of esters is 1. The van der Waals surface area contributed by atoms with Gasteiger partial charge in [0.05, 0.1) is 13.2 Å². The smallest absolute Gasteiger partial charge is 0.331 e. The third-order valence-corrected chi connectivity index (χ3v) is 3.72. The average Bonchev–Trinajstić information content (AvgIpc) is 3.03. The first-order chi connectivity index (χ1) is 11.7. The Kier molecular flexibility index (Phi) is 4.44. The minimum Gasteiger partial charge on any atom is -0.463 e. The number of H-pyrrole nitrogens is 1. The van der Waals surface area contributed by atoms with Gasteiger partial charge in [0.1, 0.15) is 0 Å². The summed E-state index contributed by atoms with van der Waals surface area (Å²) in [6.07, 6.45) is 3.21. The van der Waals surface area contributed by atoms with Crippen LogP contribution in [0.1, 0.15) is 18.1 Å². The van der Waals surface area contributed by atoms with E-state index in [9.17, 15) is 4.79 Å². The molecular formula is C20H16N2O2. The second-order valence-corrected chi connectivity index (χ2v) is 5.22. The third-order valence-electron chi connectivity index (χ3n) is 3.72. The van der Waals surface area contributed by atoms with Gasteiger partial charge in [0, 0.05) is 23.2 Å². The zero-order valence-corrected chi connectivity index (χ0v) is 13.2. The van der Waals surface area contributed by atoms with Crippen molar-refractivity contribution in [2.45, 2.75) is 6.92 Å². The average molecular weight is 316 g/mol. The summed E-state index contributed by atoms with van der Waals surface area (Å²) in [7, 11) is 0. The minimum absolute atomic E-state index is 0.335.